The van der Waals surface area contributed by atoms with Gasteiger partial charge in [0.15, 0.2) is 11.6 Å². The minimum Gasteiger partial charge on any atom is -0.355 e. The first-order valence-electron chi connectivity index (χ1n) is 6.98. The normalized spacial score (nSPS) is 14.2. The van der Waals surface area contributed by atoms with E-state index in [9.17, 15) is 4.79 Å². The van der Waals surface area contributed by atoms with Gasteiger partial charge in [0.2, 0.25) is 0 Å². The zero-order valence-corrected chi connectivity index (χ0v) is 13.2. The fraction of sp³-hybridized carbons (Fsp3) is 0.267. The van der Waals surface area contributed by atoms with Crippen LogP contribution in [0.3, 0.4) is 0 Å². The van der Waals surface area contributed by atoms with Crippen LogP contribution in [0.5, 0.6) is 0 Å². The minimum absolute atomic E-state index is 0.304. The highest BCUT2D eigenvalue weighted by Gasteiger charge is 2.14. The zero-order valence-electron chi connectivity index (χ0n) is 11.7. The average molecular weight is 337 g/mol. The predicted octanol–water partition coefficient (Wildman–Crippen LogP) is 3.64. The fourth-order valence-corrected chi connectivity index (χ4v) is 2.63. The Balaban J connectivity index is 1.69. The molecule has 1 aliphatic heterocycles. The van der Waals surface area contributed by atoms with Crippen molar-refractivity contribution in [1.82, 2.24) is 10.2 Å². The Kier molecular flexibility index (Phi) is 4.45. The highest BCUT2D eigenvalue weighted by atomic mass is 35.5. The SMILES string of the molecule is O=C(Nc1ccc(N2CCCC2)nn1)c1ccc(Cl)c(Cl)c1. The second-order valence-corrected chi connectivity index (χ2v) is 5.87. The molecule has 0 saturated carbocycles. The largest absolute Gasteiger partial charge is 0.355 e. The molecular weight excluding hydrogens is 323 g/mol. The Bertz CT molecular complexity index is 684. The summed E-state index contributed by atoms with van der Waals surface area (Å²) in [6.45, 7) is 2.01. The lowest BCUT2D eigenvalue weighted by molar-refractivity contribution is 0.102. The molecule has 22 heavy (non-hydrogen) atoms. The van der Waals surface area contributed by atoms with E-state index in [0.29, 0.717) is 21.4 Å². The fourth-order valence-electron chi connectivity index (χ4n) is 2.33. The van der Waals surface area contributed by atoms with Gasteiger partial charge in [0, 0.05) is 18.7 Å². The van der Waals surface area contributed by atoms with Crippen LogP contribution >= 0.6 is 23.2 Å². The molecule has 2 aromatic rings. The number of halogens is 2. The molecule has 1 aliphatic rings. The summed E-state index contributed by atoms with van der Waals surface area (Å²) < 4.78 is 0. The third kappa shape index (κ3) is 3.31. The molecule has 3 rings (SSSR count). The number of nitrogens with one attached hydrogen (secondary N) is 1. The van der Waals surface area contributed by atoms with Gasteiger partial charge in [-0.25, -0.2) is 0 Å². The van der Waals surface area contributed by atoms with Crippen LogP contribution in [0.2, 0.25) is 10.0 Å². The summed E-state index contributed by atoms with van der Waals surface area (Å²) in [6.07, 6.45) is 2.36. The second kappa shape index (κ2) is 6.50. The molecule has 0 unspecified atom stereocenters. The molecule has 7 heteroatoms. The molecule has 0 radical (unpaired) electrons. The van der Waals surface area contributed by atoms with Gasteiger partial charge in [-0.2, -0.15) is 0 Å². The van der Waals surface area contributed by atoms with E-state index in [-0.39, 0.29) is 5.91 Å². The van der Waals surface area contributed by atoms with Crippen molar-refractivity contribution in [3.63, 3.8) is 0 Å². The molecule has 1 fully saturated rings. The average Bonchev–Trinajstić information content (AvgIpc) is 3.05. The van der Waals surface area contributed by atoms with Gasteiger partial charge in [-0.3, -0.25) is 4.79 Å². The number of anilines is 2. The van der Waals surface area contributed by atoms with Crippen molar-refractivity contribution >= 4 is 40.7 Å². The minimum atomic E-state index is -0.304. The van der Waals surface area contributed by atoms with Crippen molar-refractivity contribution in [2.75, 3.05) is 23.3 Å². The first kappa shape index (κ1) is 15.1. The van der Waals surface area contributed by atoms with Crippen LogP contribution in [0.4, 0.5) is 11.6 Å². The van der Waals surface area contributed by atoms with Gasteiger partial charge in [0.25, 0.3) is 5.91 Å². The molecule has 114 valence electrons. The summed E-state index contributed by atoms with van der Waals surface area (Å²) in [4.78, 5) is 14.3. The number of amides is 1. The maximum Gasteiger partial charge on any atom is 0.256 e. The molecule has 2 heterocycles. The van der Waals surface area contributed by atoms with Crippen molar-refractivity contribution in [1.29, 1.82) is 0 Å². The molecule has 0 atom stereocenters. The number of carbonyl (C=O) groups is 1. The molecular formula is C15H14Cl2N4O. The van der Waals surface area contributed by atoms with Gasteiger partial charge in [-0.05, 0) is 43.2 Å². The summed E-state index contributed by atoms with van der Waals surface area (Å²) in [7, 11) is 0. The van der Waals surface area contributed by atoms with Gasteiger partial charge in [0.05, 0.1) is 10.0 Å². The topological polar surface area (TPSA) is 58.1 Å². The van der Waals surface area contributed by atoms with Crippen molar-refractivity contribution in [2.45, 2.75) is 12.8 Å². The Morgan fingerprint density at radius 2 is 1.82 bits per heavy atom. The monoisotopic (exact) mass is 336 g/mol. The Morgan fingerprint density at radius 3 is 2.45 bits per heavy atom. The standard InChI is InChI=1S/C15H14Cl2N4O/c16-11-4-3-10(9-12(11)17)15(22)18-13-5-6-14(20-19-13)21-7-1-2-8-21/h3-6,9H,1-2,7-8H2,(H,18,19,22). The summed E-state index contributed by atoms with van der Waals surface area (Å²) in [6, 6.07) is 8.32. The van der Waals surface area contributed by atoms with Crippen LogP contribution < -0.4 is 10.2 Å². The third-order valence-electron chi connectivity index (χ3n) is 3.50. The number of carbonyl (C=O) groups excluding carboxylic acids is 1. The van der Waals surface area contributed by atoms with Crippen LogP contribution in [-0.4, -0.2) is 29.2 Å². The van der Waals surface area contributed by atoms with E-state index in [4.69, 9.17) is 23.2 Å². The second-order valence-electron chi connectivity index (χ2n) is 5.05. The molecule has 1 aromatic heterocycles. The van der Waals surface area contributed by atoms with E-state index < -0.39 is 0 Å². The Morgan fingerprint density at radius 1 is 1.05 bits per heavy atom. The maximum absolute atomic E-state index is 12.1. The lowest BCUT2D eigenvalue weighted by atomic mass is 10.2. The Labute approximate surface area is 138 Å². The van der Waals surface area contributed by atoms with E-state index in [0.717, 1.165) is 18.9 Å². The molecule has 5 nitrogen and oxygen atoms in total. The van der Waals surface area contributed by atoms with Gasteiger partial charge in [-0.1, -0.05) is 23.2 Å². The van der Waals surface area contributed by atoms with Crippen LogP contribution in [0.25, 0.3) is 0 Å². The first-order chi connectivity index (χ1) is 10.6. The highest BCUT2D eigenvalue weighted by Crippen LogP contribution is 2.23. The van der Waals surface area contributed by atoms with Crippen LogP contribution in [0.15, 0.2) is 30.3 Å². The van der Waals surface area contributed by atoms with Gasteiger partial charge in [0.1, 0.15) is 0 Å². The van der Waals surface area contributed by atoms with Crippen molar-refractivity contribution in [3.8, 4) is 0 Å². The summed E-state index contributed by atoms with van der Waals surface area (Å²) in [5.74, 6) is 0.936. The molecule has 1 amide bonds. The lowest BCUT2D eigenvalue weighted by Gasteiger charge is -2.15. The van der Waals surface area contributed by atoms with Crippen molar-refractivity contribution in [3.05, 3.63) is 45.9 Å². The van der Waals surface area contributed by atoms with E-state index in [1.165, 1.54) is 18.9 Å². The smallest absolute Gasteiger partial charge is 0.256 e. The number of hydrogen-bond donors (Lipinski definition) is 1. The number of rotatable bonds is 3. The highest BCUT2D eigenvalue weighted by molar-refractivity contribution is 6.42. The molecule has 0 bridgehead atoms. The lowest BCUT2D eigenvalue weighted by Crippen LogP contribution is -2.20. The van der Waals surface area contributed by atoms with Crippen molar-refractivity contribution in [2.24, 2.45) is 0 Å². The summed E-state index contributed by atoms with van der Waals surface area (Å²) in [5.41, 5.74) is 0.416. The number of nitrogens with zero attached hydrogens (tertiary/aromatic N) is 3. The number of benzene rings is 1. The maximum atomic E-state index is 12.1. The first-order valence-corrected chi connectivity index (χ1v) is 7.74. The Hall–Kier alpha value is -1.85. The summed E-state index contributed by atoms with van der Waals surface area (Å²) in [5, 5.41) is 11.6. The third-order valence-corrected chi connectivity index (χ3v) is 4.24. The molecule has 1 N–H and O–H groups in total. The summed E-state index contributed by atoms with van der Waals surface area (Å²) >= 11 is 11.7. The van der Waals surface area contributed by atoms with Crippen LogP contribution in [0, 0.1) is 0 Å². The molecule has 0 aliphatic carbocycles. The quantitative estimate of drug-likeness (QED) is 0.929. The van der Waals surface area contributed by atoms with E-state index in [1.54, 1.807) is 18.2 Å². The predicted molar refractivity (Wildman–Crippen MR) is 87.9 cm³/mol. The zero-order chi connectivity index (χ0) is 15.5. The number of aromatic nitrogens is 2. The van der Waals surface area contributed by atoms with Crippen LogP contribution in [0.1, 0.15) is 23.2 Å². The van der Waals surface area contributed by atoms with Crippen LogP contribution in [-0.2, 0) is 0 Å². The van der Waals surface area contributed by atoms with E-state index in [2.05, 4.69) is 20.4 Å². The molecule has 0 spiro atoms. The van der Waals surface area contributed by atoms with E-state index in [1.807, 2.05) is 6.07 Å². The van der Waals surface area contributed by atoms with Gasteiger partial charge < -0.3 is 10.2 Å². The van der Waals surface area contributed by atoms with Crippen molar-refractivity contribution < 1.29 is 4.79 Å². The molecule has 1 aromatic carbocycles. The van der Waals surface area contributed by atoms with Gasteiger partial charge >= 0.3 is 0 Å². The van der Waals surface area contributed by atoms with Gasteiger partial charge in [-0.15, -0.1) is 10.2 Å². The number of hydrogen-bond acceptors (Lipinski definition) is 4. The molecule has 1 saturated heterocycles. The van der Waals surface area contributed by atoms with E-state index >= 15 is 0 Å².